The van der Waals surface area contributed by atoms with Crippen LogP contribution in [0.15, 0.2) is 0 Å². The van der Waals surface area contributed by atoms with E-state index in [0.717, 1.165) is 0 Å². The number of rotatable bonds is 3. The van der Waals surface area contributed by atoms with Gasteiger partial charge in [-0.15, -0.1) is 0 Å². The monoisotopic (exact) mass is 256 g/mol. The Kier molecular flexibility index (Phi) is 5.08. The van der Waals surface area contributed by atoms with Crippen molar-refractivity contribution >= 4 is 17.7 Å². The first-order valence-electron chi connectivity index (χ1n) is 6.00. The van der Waals surface area contributed by atoms with Crippen LogP contribution in [0.5, 0.6) is 0 Å². The van der Waals surface area contributed by atoms with Crippen molar-refractivity contribution in [3.05, 3.63) is 0 Å². The highest BCUT2D eigenvalue weighted by Crippen LogP contribution is 2.06. The first-order valence-corrected chi connectivity index (χ1v) is 6.00. The van der Waals surface area contributed by atoms with E-state index in [9.17, 15) is 14.4 Å². The summed E-state index contributed by atoms with van der Waals surface area (Å²) in [4.78, 5) is 37.2. The fourth-order valence-corrected chi connectivity index (χ4v) is 1.99. The second-order valence-electron chi connectivity index (χ2n) is 4.46. The van der Waals surface area contributed by atoms with E-state index in [2.05, 4.69) is 0 Å². The lowest BCUT2D eigenvalue weighted by Gasteiger charge is -2.23. The summed E-state index contributed by atoms with van der Waals surface area (Å²) in [5.41, 5.74) is 10.6. The third-order valence-electron chi connectivity index (χ3n) is 2.99. The molecule has 1 aliphatic rings. The van der Waals surface area contributed by atoms with E-state index in [1.807, 2.05) is 0 Å². The number of carbonyl (C=O) groups excluding carboxylic acids is 3. The number of nitrogens with two attached hydrogens (primary N) is 2. The molecule has 1 heterocycles. The molecule has 1 aliphatic heterocycles. The summed E-state index contributed by atoms with van der Waals surface area (Å²) in [7, 11) is 0. The van der Waals surface area contributed by atoms with E-state index >= 15 is 0 Å². The van der Waals surface area contributed by atoms with Crippen LogP contribution in [0.3, 0.4) is 0 Å². The van der Waals surface area contributed by atoms with Gasteiger partial charge in [-0.05, 0) is 6.42 Å². The third-order valence-corrected chi connectivity index (χ3v) is 2.99. The minimum Gasteiger partial charge on any atom is -0.370 e. The van der Waals surface area contributed by atoms with Crippen molar-refractivity contribution < 1.29 is 14.4 Å². The van der Waals surface area contributed by atoms with E-state index in [1.165, 1.54) is 6.92 Å². The van der Waals surface area contributed by atoms with Gasteiger partial charge in [0.05, 0.1) is 12.5 Å². The number of nitrogens with zero attached hydrogens (tertiary/aromatic N) is 2. The smallest absolute Gasteiger partial charge is 0.240 e. The summed E-state index contributed by atoms with van der Waals surface area (Å²) in [5.74, 6) is -0.860. The van der Waals surface area contributed by atoms with Crippen LogP contribution in [0.25, 0.3) is 0 Å². The lowest BCUT2D eigenvalue weighted by Crippen LogP contribution is -2.47. The van der Waals surface area contributed by atoms with Crippen LogP contribution in [0, 0.1) is 0 Å². The maximum atomic E-state index is 12.0. The van der Waals surface area contributed by atoms with E-state index in [4.69, 9.17) is 11.5 Å². The molecule has 0 bridgehead atoms. The van der Waals surface area contributed by atoms with Crippen molar-refractivity contribution in [2.45, 2.75) is 25.8 Å². The summed E-state index contributed by atoms with van der Waals surface area (Å²) in [6.45, 7) is 3.66. The lowest BCUT2D eigenvalue weighted by molar-refractivity contribution is -0.135. The Morgan fingerprint density at radius 3 is 2.22 bits per heavy atom. The highest BCUT2D eigenvalue weighted by atomic mass is 16.2. The average Bonchev–Trinajstić information content (AvgIpc) is 2.52. The first-order chi connectivity index (χ1) is 8.41. The number of hydrogen-bond donors (Lipinski definition) is 2. The SMILES string of the molecule is CC(=O)N1CCCN(C(=O)C(N)CC(N)=O)CC1. The minimum absolute atomic E-state index is 0.00531. The summed E-state index contributed by atoms with van der Waals surface area (Å²) in [6, 6.07) is -0.883. The Bertz CT molecular complexity index is 345. The molecule has 0 radical (unpaired) electrons. The van der Waals surface area contributed by atoms with Gasteiger partial charge in [-0.1, -0.05) is 0 Å². The average molecular weight is 256 g/mol. The molecule has 1 saturated heterocycles. The molecule has 1 rings (SSSR count). The summed E-state index contributed by atoms with van der Waals surface area (Å²) in [6.07, 6.45) is 0.570. The van der Waals surface area contributed by atoms with Gasteiger partial charge in [0.15, 0.2) is 0 Å². The lowest BCUT2D eigenvalue weighted by atomic mass is 10.2. The highest BCUT2D eigenvalue weighted by molar-refractivity contribution is 5.87. The molecule has 1 atom stereocenters. The number of primary amides is 1. The van der Waals surface area contributed by atoms with Gasteiger partial charge in [-0.2, -0.15) is 0 Å². The summed E-state index contributed by atoms with van der Waals surface area (Å²) >= 11 is 0. The topological polar surface area (TPSA) is 110 Å². The Balaban J connectivity index is 2.54. The summed E-state index contributed by atoms with van der Waals surface area (Å²) in [5, 5.41) is 0. The van der Waals surface area contributed by atoms with Gasteiger partial charge in [0.1, 0.15) is 0 Å². The van der Waals surface area contributed by atoms with Gasteiger partial charge in [-0.3, -0.25) is 14.4 Å². The third kappa shape index (κ3) is 3.99. The van der Waals surface area contributed by atoms with Gasteiger partial charge in [0, 0.05) is 33.1 Å². The highest BCUT2D eigenvalue weighted by Gasteiger charge is 2.25. The number of hydrogen-bond acceptors (Lipinski definition) is 4. The molecule has 1 fully saturated rings. The molecule has 0 aromatic rings. The second-order valence-corrected chi connectivity index (χ2v) is 4.46. The van der Waals surface area contributed by atoms with Crippen LogP contribution in [0.2, 0.25) is 0 Å². The van der Waals surface area contributed by atoms with E-state index < -0.39 is 11.9 Å². The largest absolute Gasteiger partial charge is 0.370 e. The molecule has 4 N–H and O–H groups in total. The van der Waals surface area contributed by atoms with Crippen LogP contribution >= 0.6 is 0 Å². The first kappa shape index (κ1) is 14.4. The van der Waals surface area contributed by atoms with Crippen LogP contribution in [-0.2, 0) is 14.4 Å². The van der Waals surface area contributed by atoms with Gasteiger partial charge in [0.25, 0.3) is 0 Å². The van der Waals surface area contributed by atoms with Crippen molar-refractivity contribution in [3.8, 4) is 0 Å². The standard InChI is InChI=1S/C11H20N4O3/c1-8(16)14-3-2-4-15(6-5-14)11(18)9(12)7-10(13)17/h9H,2-7,12H2,1H3,(H2,13,17). The molecular formula is C11H20N4O3. The molecule has 3 amide bonds. The van der Waals surface area contributed by atoms with Crippen molar-refractivity contribution in [3.63, 3.8) is 0 Å². The van der Waals surface area contributed by atoms with Crippen molar-refractivity contribution in [2.24, 2.45) is 11.5 Å². The predicted molar refractivity (Wildman–Crippen MR) is 65.2 cm³/mol. The summed E-state index contributed by atoms with van der Waals surface area (Å²) < 4.78 is 0. The maximum Gasteiger partial charge on any atom is 0.240 e. The van der Waals surface area contributed by atoms with Crippen molar-refractivity contribution in [2.75, 3.05) is 26.2 Å². The normalized spacial score (nSPS) is 18.1. The molecule has 0 saturated carbocycles. The zero-order valence-corrected chi connectivity index (χ0v) is 10.6. The van der Waals surface area contributed by atoms with Crippen LogP contribution in [0.1, 0.15) is 19.8 Å². The van der Waals surface area contributed by atoms with Gasteiger partial charge >= 0.3 is 0 Å². The van der Waals surface area contributed by atoms with Crippen LogP contribution < -0.4 is 11.5 Å². The molecule has 7 nitrogen and oxygen atoms in total. The molecular weight excluding hydrogens is 236 g/mol. The van der Waals surface area contributed by atoms with E-state index in [0.29, 0.717) is 32.6 Å². The molecule has 7 heteroatoms. The fraction of sp³-hybridized carbons (Fsp3) is 0.727. The fourth-order valence-electron chi connectivity index (χ4n) is 1.99. The molecule has 1 unspecified atom stereocenters. The molecule has 0 aromatic carbocycles. The zero-order valence-electron chi connectivity index (χ0n) is 10.6. The Labute approximate surface area is 106 Å². The van der Waals surface area contributed by atoms with Crippen molar-refractivity contribution in [1.82, 2.24) is 9.80 Å². The quantitative estimate of drug-likeness (QED) is 0.625. The van der Waals surface area contributed by atoms with Gasteiger partial charge < -0.3 is 21.3 Å². The van der Waals surface area contributed by atoms with Crippen molar-refractivity contribution in [1.29, 1.82) is 0 Å². The minimum atomic E-state index is -0.883. The van der Waals surface area contributed by atoms with Gasteiger partial charge in [0.2, 0.25) is 17.7 Å². The zero-order chi connectivity index (χ0) is 13.7. The molecule has 0 spiro atoms. The Hall–Kier alpha value is -1.63. The molecule has 0 aliphatic carbocycles. The molecule has 18 heavy (non-hydrogen) atoms. The van der Waals surface area contributed by atoms with E-state index in [1.54, 1.807) is 9.80 Å². The predicted octanol–water partition coefficient (Wildman–Crippen LogP) is -1.73. The van der Waals surface area contributed by atoms with E-state index in [-0.39, 0.29) is 18.2 Å². The van der Waals surface area contributed by atoms with Crippen LogP contribution in [-0.4, -0.2) is 59.7 Å². The number of carbonyl (C=O) groups is 3. The Morgan fingerprint density at radius 2 is 1.67 bits per heavy atom. The molecule has 102 valence electrons. The Morgan fingerprint density at radius 1 is 1.11 bits per heavy atom. The van der Waals surface area contributed by atoms with Crippen LogP contribution in [0.4, 0.5) is 0 Å². The van der Waals surface area contributed by atoms with Gasteiger partial charge in [-0.25, -0.2) is 0 Å². The molecule has 0 aromatic heterocycles. The maximum absolute atomic E-state index is 12.0. The number of amides is 3. The second kappa shape index (κ2) is 6.34.